The molecule has 1 aromatic rings. The van der Waals surface area contributed by atoms with Crippen molar-refractivity contribution in [3.63, 3.8) is 0 Å². The normalized spacial score (nSPS) is 21.4. The molecule has 6 nitrogen and oxygen atoms in total. The highest BCUT2D eigenvalue weighted by molar-refractivity contribution is 6.30. The average Bonchev–Trinajstić information content (AvgIpc) is 3.19. The molecule has 2 fully saturated rings. The van der Waals surface area contributed by atoms with Crippen molar-refractivity contribution in [2.75, 3.05) is 57.4 Å². The SMILES string of the molecule is NC(=NCCCOCC1CCCO1)N1CCN(c2ccc(Cl)cc2)CC1. The molecule has 1 atom stereocenters. The highest BCUT2D eigenvalue weighted by Gasteiger charge is 2.18. The van der Waals surface area contributed by atoms with E-state index in [0.717, 1.165) is 57.1 Å². The monoisotopic (exact) mass is 380 g/mol. The number of nitrogens with two attached hydrogens (primary N) is 1. The van der Waals surface area contributed by atoms with Crippen molar-refractivity contribution in [1.82, 2.24) is 4.90 Å². The first-order valence-electron chi connectivity index (χ1n) is 9.47. The fourth-order valence-electron chi connectivity index (χ4n) is 3.30. The molecule has 0 aromatic heterocycles. The molecule has 0 spiro atoms. The van der Waals surface area contributed by atoms with Crippen LogP contribution in [0.4, 0.5) is 5.69 Å². The van der Waals surface area contributed by atoms with Crippen molar-refractivity contribution in [2.24, 2.45) is 10.7 Å². The molecule has 0 radical (unpaired) electrons. The molecule has 2 aliphatic heterocycles. The van der Waals surface area contributed by atoms with E-state index in [-0.39, 0.29) is 0 Å². The van der Waals surface area contributed by atoms with E-state index in [0.29, 0.717) is 31.8 Å². The molecular weight excluding hydrogens is 352 g/mol. The number of guanidine groups is 1. The second-order valence-corrected chi connectivity index (χ2v) is 7.19. The molecule has 1 aromatic carbocycles. The van der Waals surface area contributed by atoms with E-state index in [9.17, 15) is 0 Å². The topological polar surface area (TPSA) is 63.3 Å². The molecule has 2 saturated heterocycles. The van der Waals surface area contributed by atoms with Gasteiger partial charge in [0.2, 0.25) is 0 Å². The third-order valence-corrected chi connectivity index (χ3v) is 5.10. The minimum atomic E-state index is 0.292. The molecule has 3 rings (SSSR count). The molecule has 0 aliphatic carbocycles. The van der Waals surface area contributed by atoms with Crippen molar-refractivity contribution in [1.29, 1.82) is 0 Å². The lowest BCUT2D eigenvalue weighted by Crippen LogP contribution is -2.51. The van der Waals surface area contributed by atoms with Crippen LogP contribution in [0.5, 0.6) is 0 Å². The summed E-state index contributed by atoms with van der Waals surface area (Å²) in [5.74, 6) is 0.639. The average molecular weight is 381 g/mol. The van der Waals surface area contributed by atoms with Crippen LogP contribution in [0.1, 0.15) is 19.3 Å². The fraction of sp³-hybridized carbons (Fsp3) is 0.632. The highest BCUT2D eigenvalue weighted by atomic mass is 35.5. The summed E-state index contributed by atoms with van der Waals surface area (Å²) < 4.78 is 11.2. The fourth-order valence-corrected chi connectivity index (χ4v) is 3.42. The van der Waals surface area contributed by atoms with Crippen LogP contribution in [0.25, 0.3) is 0 Å². The summed E-state index contributed by atoms with van der Waals surface area (Å²) in [7, 11) is 0. The van der Waals surface area contributed by atoms with Gasteiger partial charge in [0.25, 0.3) is 0 Å². The Morgan fingerprint density at radius 1 is 1.23 bits per heavy atom. The summed E-state index contributed by atoms with van der Waals surface area (Å²) in [6.07, 6.45) is 3.45. The predicted molar refractivity (Wildman–Crippen MR) is 106 cm³/mol. The van der Waals surface area contributed by atoms with Crippen LogP contribution in [0.3, 0.4) is 0 Å². The van der Waals surface area contributed by atoms with E-state index in [1.54, 1.807) is 0 Å². The van der Waals surface area contributed by atoms with Crippen LogP contribution in [0.2, 0.25) is 5.02 Å². The summed E-state index contributed by atoms with van der Waals surface area (Å²) in [5, 5.41) is 0.767. The number of rotatable bonds is 7. The van der Waals surface area contributed by atoms with Crippen molar-refractivity contribution in [3.05, 3.63) is 29.3 Å². The van der Waals surface area contributed by atoms with E-state index >= 15 is 0 Å². The maximum Gasteiger partial charge on any atom is 0.191 e. The summed E-state index contributed by atoms with van der Waals surface area (Å²) in [4.78, 5) is 9.00. The number of ether oxygens (including phenoxy) is 2. The Balaban J connectivity index is 1.31. The lowest BCUT2D eigenvalue weighted by Gasteiger charge is -2.36. The zero-order chi connectivity index (χ0) is 18.2. The van der Waals surface area contributed by atoms with Gasteiger partial charge in [-0.25, -0.2) is 0 Å². The first kappa shape index (κ1) is 19.3. The molecule has 1 unspecified atom stereocenters. The predicted octanol–water partition coefficient (Wildman–Crippen LogP) is 2.36. The van der Waals surface area contributed by atoms with E-state index < -0.39 is 0 Å². The summed E-state index contributed by atoms with van der Waals surface area (Å²) in [6.45, 7) is 6.62. The van der Waals surface area contributed by atoms with Crippen molar-refractivity contribution in [2.45, 2.75) is 25.4 Å². The zero-order valence-electron chi connectivity index (χ0n) is 15.3. The third-order valence-electron chi connectivity index (χ3n) is 4.84. The van der Waals surface area contributed by atoms with Gasteiger partial charge in [-0.1, -0.05) is 11.6 Å². The first-order valence-corrected chi connectivity index (χ1v) is 9.85. The lowest BCUT2D eigenvalue weighted by molar-refractivity contribution is 0.0170. The van der Waals surface area contributed by atoms with Crippen LogP contribution in [0, 0.1) is 0 Å². The minimum absolute atomic E-state index is 0.292. The quantitative estimate of drug-likeness (QED) is 0.447. The van der Waals surface area contributed by atoms with Crippen LogP contribution in [0.15, 0.2) is 29.3 Å². The van der Waals surface area contributed by atoms with Crippen LogP contribution in [-0.4, -0.2) is 69.5 Å². The smallest absolute Gasteiger partial charge is 0.191 e. The van der Waals surface area contributed by atoms with Crippen LogP contribution < -0.4 is 10.6 Å². The molecule has 0 saturated carbocycles. The number of nitrogens with zero attached hydrogens (tertiary/aromatic N) is 3. The van der Waals surface area contributed by atoms with E-state index in [1.807, 2.05) is 12.1 Å². The molecule has 0 bridgehead atoms. The van der Waals surface area contributed by atoms with Crippen LogP contribution in [-0.2, 0) is 9.47 Å². The number of benzene rings is 1. The van der Waals surface area contributed by atoms with Gasteiger partial charge in [-0.15, -0.1) is 0 Å². The number of anilines is 1. The van der Waals surface area contributed by atoms with Gasteiger partial charge in [0, 0.05) is 56.6 Å². The number of hydrogen-bond acceptors (Lipinski definition) is 4. The maximum absolute atomic E-state index is 6.15. The highest BCUT2D eigenvalue weighted by Crippen LogP contribution is 2.19. The van der Waals surface area contributed by atoms with Gasteiger partial charge in [0.1, 0.15) is 0 Å². The van der Waals surface area contributed by atoms with Gasteiger partial charge < -0.3 is 25.0 Å². The van der Waals surface area contributed by atoms with E-state index in [4.69, 9.17) is 26.8 Å². The molecule has 2 heterocycles. The number of aliphatic imine (C=N–C) groups is 1. The van der Waals surface area contributed by atoms with E-state index in [2.05, 4.69) is 26.9 Å². The van der Waals surface area contributed by atoms with Gasteiger partial charge >= 0.3 is 0 Å². The van der Waals surface area contributed by atoms with Gasteiger partial charge in [-0.2, -0.15) is 0 Å². The maximum atomic E-state index is 6.15. The molecule has 26 heavy (non-hydrogen) atoms. The van der Waals surface area contributed by atoms with Crippen molar-refractivity contribution in [3.8, 4) is 0 Å². The Morgan fingerprint density at radius 2 is 2.00 bits per heavy atom. The van der Waals surface area contributed by atoms with E-state index in [1.165, 1.54) is 5.69 Å². The molecule has 7 heteroatoms. The first-order chi connectivity index (χ1) is 12.7. The van der Waals surface area contributed by atoms with Gasteiger partial charge in [-0.3, -0.25) is 4.99 Å². The number of halogens is 1. The number of hydrogen-bond donors (Lipinski definition) is 1. The largest absolute Gasteiger partial charge is 0.379 e. The second-order valence-electron chi connectivity index (χ2n) is 6.75. The molecule has 144 valence electrons. The Kier molecular flexibility index (Phi) is 7.41. The van der Waals surface area contributed by atoms with Gasteiger partial charge in [0.05, 0.1) is 12.7 Å². The number of piperazine rings is 1. The summed E-state index contributed by atoms with van der Waals surface area (Å²) in [6, 6.07) is 7.98. The zero-order valence-corrected chi connectivity index (χ0v) is 16.0. The minimum Gasteiger partial charge on any atom is -0.379 e. The second kappa shape index (κ2) is 10.00. The Hall–Kier alpha value is -1.50. The molecule has 2 aliphatic rings. The summed E-state index contributed by atoms with van der Waals surface area (Å²) in [5.41, 5.74) is 7.35. The Bertz CT molecular complexity index is 567. The van der Waals surface area contributed by atoms with Gasteiger partial charge in [-0.05, 0) is 43.5 Å². The molecular formula is C19H29ClN4O2. The Morgan fingerprint density at radius 3 is 2.69 bits per heavy atom. The third kappa shape index (κ3) is 5.76. The van der Waals surface area contributed by atoms with Gasteiger partial charge in [0.15, 0.2) is 5.96 Å². The molecule has 2 N–H and O–H groups in total. The summed E-state index contributed by atoms with van der Waals surface area (Å²) >= 11 is 5.95. The van der Waals surface area contributed by atoms with Crippen LogP contribution >= 0.6 is 11.6 Å². The lowest BCUT2D eigenvalue weighted by atomic mass is 10.2. The van der Waals surface area contributed by atoms with Crippen molar-refractivity contribution < 1.29 is 9.47 Å². The Labute approximate surface area is 160 Å². The van der Waals surface area contributed by atoms with Crippen molar-refractivity contribution >= 4 is 23.2 Å². The molecule has 0 amide bonds. The standard InChI is InChI=1S/C19H29ClN4O2/c20-16-4-6-17(7-5-16)23-9-11-24(12-10-23)19(21)22-8-2-13-25-15-18-3-1-14-26-18/h4-7,18H,1-3,8-15H2,(H2,21,22).